The molecule has 2 aliphatic heterocycles. The van der Waals surface area contributed by atoms with Gasteiger partial charge >= 0.3 is 0 Å². The van der Waals surface area contributed by atoms with Gasteiger partial charge in [-0.3, -0.25) is 0 Å². The molecule has 0 amide bonds. The van der Waals surface area contributed by atoms with Gasteiger partial charge in [0.15, 0.2) is 12.6 Å². The van der Waals surface area contributed by atoms with E-state index in [1.54, 1.807) is 21.3 Å². The third kappa shape index (κ3) is 16.3. The molecule has 0 N–H and O–H groups in total. The molecule has 2 fully saturated rings. The summed E-state index contributed by atoms with van der Waals surface area (Å²) in [6.45, 7) is 1.33. The van der Waals surface area contributed by atoms with Crippen LogP contribution < -0.4 is 9.47 Å². The Morgan fingerprint density at radius 1 is 0.303 bits per heavy atom. The first kappa shape index (κ1) is 62.7. The SMILES string of the molecule is COc1ccc(C(OC[C@H]2OC(O[C@H]3[C@H](OCc4ccccc4)[C@@H](OCc4ccccc4)[C@@H](OC)O[C@@H]3COCc3ccccc3)[C@H](OCc3ccccc3)[C@@H](OCc3ccccc3)[C@@H]2OCc2ccccc2)(c2ccccc2)c2ccc(OC)cc2)cc1. The Kier molecular flexibility index (Phi) is 22.6. The first-order valence-corrected chi connectivity index (χ1v) is 30.3. The molecule has 13 nitrogen and oxygen atoms in total. The van der Waals surface area contributed by atoms with E-state index in [4.69, 9.17) is 61.6 Å². The highest BCUT2D eigenvalue weighted by molar-refractivity contribution is 5.50. The summed E-state index contributed by atoms with van der Waals surface area (Å²) in [5.74, 6) is 1.39. The molecule has 2 heterocycles. The third-order valence-electron chi connectivity index (χ3n) is 16.2. The van der Waals surface area contributed by atoms with Gasteiger partial charge in [-0.25, -0.2) is 0 Å². The number of methoxy groups -OCH3 is 3. The van der Waals surface area contributed by atoms with Crippen LogP contribution in [0.4, 0.5) is 0 Å². The van der Waals surface area contributed by atoms with Crippen molar-refractivity contribution in [1.82, 2.24) is 0 Å². The molecule has 0 radical (unpaired) electrons. The fourth-order valence-electron chi connectivity index (χ4n) is 11.6. The highest BCUT2D eigenvalue weighted by atomic mass is 16.8. The minimum Gasteiger partial charge on any atom is -0.497 e. The van der Waals surface area contributed by atoms with Gasteiger partial charge in [-0.2, -0.15) is 0 Å². The summed E-state index contributed by atoms with van der Waals surface area (Å²) in [6.07, 6.45) is -9.22. The predicted molar refractivity (Wildman–Crippen MR) is 339 cm³/mol. The minimum absolute atomic E-state index is 0.0594. The van der Waals surface area contributed by atoms with Crippen LogP contribution in [-0.4, -0.2) is 96.0 Å². The molecule has 1 unspecified atom stereocenters. The second kappa shape index (κ2) is 32.1. The topological polar surface area (TPSA) is 120 Å². The zero-order valence-electron chi connectivity index (χ0n) is 50.6. The van der Waals surface area contributed by atoms with E-state index in [1.807, 2.05) is 249 Å². The number of rotatable bonds is 30. The summed E-state index contributed by atoms with van der Waals surface area (Å²) in [5, 5.41) is 0. The molecule has 0 aliphatic carbocycles. The van der Waals surface area contributed by atoms with Crippen LogP contribution in [0, 0.1) is 0 Å². The smallest absolute Gasteiger partial charge is 0.187 e. The summed E-state index contributed by atoms with van der Waals surface area (Å²) < 4.78 is 90.6. The second-order valence-corrected chi connectivity index (χ2v) is 22.0. The summed E-state index contributed by atoms with van der Waals surface area (Å²) in [5.41, 5.74) is 7.03. The van der Waals surface area contributed by atoms with Gasteiger partial charge in [-0.15, -0.1) is 0 Å². The van der Waals surface area contributed by atoms with Gasteiger partial charge in [-0.05, 0) is 74.3 Å². The largest absolute Gasteiger partial charge is 0.497 e. The lowest BCUT2D eigenvalue weighted by Gasteiger charge is -2.50. The van der Waals surface area contributed by atoms with Gasteiger partial charge < -0.3 is 61.6 Å². The molecular weight excluding hydrogens is 1120 g/mol. The molecule has 0 spiro atoms. The van der Waals surface area contributed by atoms with E-state index in [0.717, 1.165) is 50.1 Å². The summed E-state index contributed by atoms with van der Waals surface area (Å²) >= 11 is 0. The van der Waals surface area contributed by atoms with Crippen molar-refractivity contribution in [2.24, 2.45) is 0 Å². The molecule has 13 heteroatoms. The minimum atomic E-state index is -1.25. The van der Waals surface area contributed by atoms with Crippen LogP contribution >= 0.6 is 0 Å². The molecule has 9 aromatic rings. The zero-order valence-corrected chi connectivity index (χ0v) is 50.6. The van der Waals surface area contributed by atoms with Crippen LogP contribution in [0.2, 0.25) is 0 Å². The summed E-state index contributed by atoms with van der Waals surface area (Å²) in [4.78, 5) is 0. The maximum absolute atomic E-state index is 7.77. The van der Waals surface area contributed by atoms with Crippen molar-refractivity contribution < 1.29 is 61.6 Å². The van der Waals surface area contributed by atoms with E-state index in [0.29, 0.717) is 18.1 Å². The van der Waals surface area contributed by atoms with Crippen LogP contribution in [0.15, 0.2) is 261 Å². The van der Waals surface area contributed by atoms with E-state index in [-0.39, 0.29) is 46.2 Å². The Bertz CT molecular complexity index is 3380. The van der Waals surface area contributed by atoms with Crippen LogP contribution in [0.3, 0.4) is 0 Å². The molecule has 89 heavy (non-hydrogen) atoms. The Morgan fingerprint density at radius 3 is 1.01 bits per heavy atom. The molecule has 0 saturated carbocycles. The quantitative estimate of drug-likeness (QED) is 0.0398. The van der Waals surface area contributed by atoms with Gasteiger partial charge in [-0.1, -0.05) is 237 Å². The Balaban J connectivity index is 1.06. The van der Waals surface area contributed by atoms with Crippen LogP contribution in [0.5, 0.6) is 11.5 Å². The van der Waals surface area contributed by atoms with Crippen molar-refractivity contribution >= 4 is 0 Å². The lowest BCUT2D eigenvalue weighted by Crippen LogP contribution is -2.66. The first-order chi connectivity index (χ1) is 44.0. The third-order valence-corrected chi connectivity index (χ3v) is 16.2. The number of ether oxygens (including phenoxy) is 13. The van der Waals surface area contributed by atoms with Crippen LogP contribution in [0.25, 0.3) is 0 Å². The van der Waals surface area contributed by atoms with E-state index in [1.165, 1.54) is 0 Å². The fraction of sp³-hybridized carbons (Fsp3) is 0.289. The van der Waals surface area contributed by atoms with Crippen molar-refractivity contribution in [2.45, 2.75) is 107 Å². The Labute approximate surface area is 522 Å². The van der Waals surface area contributed by atoms with Crippen LogP contribution in [0.1, 0.15) is 50.1 Å². The van der Waals surface area contributed by atoms with Gasteiger partial charge in [0.2, 0.25) is 0 Å². The maximum atomic E-state index is 7.77. The van der Waals surface area contributed by atoms with E-state index in [2.05, 4.69) is 12.1 Å². The molecule has 0 bridgehead atoms. The number of benzene rings is 9. The molecule has 11 rings (SSSR count). The van der Waals surface area contributed by atoms with Gasteiger partial charge in [0.05, 0.1) is 67.1 Å². The first-order valence-electron chi connectivity index (χ1n) is 30.3. The predicted octanol–water partition coefficient (Wildman–Crippen LogP) is 13.6. The van der Waals surface area contributed by atoms with E-state index in [9.17, 15) is 0 Å². The number of hydrogen-bond acceptors (Lipinski definition) is 13. The van der Waals surface area contributed by atoms with Crippen molar-refractivity contribution in [3.8, 4) is 11.5 Å². The van der Waals surface area contributed by atoms with Crippen molar-refractivity contribution in [2.75, 3.05) is 34.5 Å². The molecule has 9 aromatic carbocycles. The Morgan fingerprint density at radius 2 is 0.618 bits per heavy atom. The van der Waals surface area contributed by atoms with Crippen molar-refractivity contribution in [3.05, 3.63) is 311 Å². The highest BCUT2D eigenvalue weighted by Crippen LogP contribution is 2.44. The zero-order chi connectivity index (χ0) is 60.9. The average Bonchev–Trinajstić information content (AvgIpc) is 1.04. The molecule has 460 valence electrons. The van der Waals surface area contributed by atoms with E-state index >= 15 is 0 Å². The molecule has 10 atom stereocenters. The summed E-state index contributed by atoms with van der Waals surface area (Å²) in [6, 6.07) is 86.4. The normalized spacial score (nSPS) is 21.9. The van der Waals surface area contributed by atoms with Crippen LogP contribution in [-0.2, 0) is 97.3 Å². The summed E-state index contributed by atoms with van der Waals surface area (Å²) in [7, 11) is 4.93. The van der Waals surface area contributed by atoms with Gasteiger partial charge in [0.1, 0.15) is 65.9 Å². The monoisotopic (exact) mass is 1200 g/mol. The molecule has 2 aliphatic rings. The Hall–Kier alpha value is -7.86. The highest BCUT2D eigenvalue weighted by Gasteiger charge is 2.55. The fourth-order valence-corrected chi connectivity index (χ4v) is 11.6. The molecular formula is C76H78O13. The number of hydrogen-bond donors (Lipinski definition) is 0. The molecule has 2 saturated heterocycles. The van der Waals surface area contributed by atoms with Gasteiger partial charge in [0, 0.05) is 7.11 Å². The average molecular weight is 1200 g/mol. The maximum Gasteiger partial charge on any atom is 0.187 e. The molecule has 0 aromatic heterocycles. The standard InChI is InChI=1S/C76H78O13/c1-77-64-43-39-62(40-44-64)76(61-37-23-10-24-38-61,63-41-45-65(78-2)46-42-63)86-54-67-68(81-48-56-27-13-5-14-28-56)70(82-49-57-29-15-6-16-30-57)73(85-52-60-35-21-9-22-36-60)75(88-67)89-69-66(53-80-47-55-25-11-4-12-26-55)87-74(79-3)72(84-51-59-33-19-8-20-34-59)71(69)83-50-58-31-17-7-18-32-58/h4-46,66-75H,47-54H2,1-3H3/t66-,67-,68-,69-,70+,71+,72-,73-,74+,75?/m1/s1. The lowest BCUT2D eigenvalue weighted by atomic mass is 9.80. The van der Waals surface area contributed by atoms with E-state index < -0.39 is 67.0 Å². The second-order valence-electron chi connectivity index (χ2n) is 22.0. The van der Waals surface area contributed by atoms with Crippen molar-refractivity contribution in [1.29, 1.82) is 0 Å². The lowest BCUT2D eigenvalue weighted by molar-refractivity contribution is -0.376. The van der Waals surface area contributed by atoms with Gasteiger partial charge in [0.25, 0.3) is 0 Å². The van der Waals surface area contributed by atoms with Crippen molar-refractivity contribution in [3.63, 3.8) is 0 Å².